The lowest BCUT2D eigenvalue weighted by Gasteiger charge is -2.12. The summed E-state index contributed by atoms with van der Waals surface area (Å²) < 4.78 is 0. The van der Waals surface area contributed by atoms with Crippen LogP contribution in [-0.4, -0.2) is 20.8 Å². The number of nitro groups is 1. The minimum atomic E-state index is -1.000. The Hall–Kier alpha value is -0.950. The lowest BCUT2D eigenvalue weighted by atomic mass is 10.1. The van der Waals surface area contributed by atoms with Gasteiger partial charge in [-0.25, -0.2) is 0 Å². The van der Waals surface area contributed by atoms with Crippen molar-refractivity contribution in [1.82, 2.24) is 0 Å². The second-order valence-electron chi connectivity index (χ2n) is 2.99. The van der Waals surface area contributed by atoms with E-state index in [1.54, 1.807) is 0 Å². The van der Waals surface area contributed by atoms with Crippen molar-refractivity contribution in [2.24, 2.45) is 0 Å². The third kappa shape index (κ3) is 3.02. The van der Waals surface area contributed by atoms with Crippen LogP contribution >= 0.6 is 31.9 Å². The summed E-state index contributed by atoms with van der Waals surface area (Å²) in [5.41, 5.74) is 0.639. The topological polar surface area (TPSA) is 80.4 Å². The van der Waals surface area contributed by atoms with Crippen LogP contribution in [0.1, 0.15) is 10.4 Å². The number of carboxylic acids is 1. The highest BCUT2D eigenvalue weighted by atomic mass is 79.9. The molecule has 0 bridgehead atoms. The Morgan fingerprint density at radius 1 is 1.31 bits per heavy atom. The van der Waals surface area contributed by atoms with Crippen LogP contribution in [0.25, 0.3) is 0 Å². The van der Waals surface area contributed by atoms with Crippen molar-refractivity contribution in [3.05, 3.63) is 39.9 Å². The first-order valence-electron chi connectivity index (χ1n) is 4.18. The van der Waals surface area contributed by atoms with Gasteiger partial charge in [-0.15, -0.1) is 0 Å². The first-order valence-corrected chi connectivity index (χ1v) is 6.02. The molecule has 0 aromatic heterocycles. The number of nitro benzene ring substituents is 1. The summed E-state index contributed by atoms with van der Waals surface area (Å²) in [4.78, 5) is 19.4. The molecule has 2 atom stereocenters. The zero-order chi connectivity index (χ0) is 12.3. The molecular formula is C9H7Br2NO4. The first kappa shape index (κ1) is 13.1. The number of alkyl halides is 2. The summed E-state index contributed by atoms with van der Waals surface area (Å²) in [5.74, 6) is -1.000. The van der Waals surface area contributed by atoms with Crippen molar-refractivity contribution in [3.8, 4) is 0 Å². The molecule has 0 saturated carbocycles. The molecule has 0 aliphatic carbocycles. The van der Waals surface area contributed by atoms with Crippen LogP contribution in [0, 0.1) is 10.1 Å². The molecule has 1 aromatic rings. The normalized spacial score (nSPS) is 14.1. The van der Waals surface area contributed by atoms with Crippen molar-refractivity contribution in [2.45, 2.75) is 9.65 Å². The molecule has 0 unspecified atom stereocenters. The van der Waals surface area contributed by atoms with Gasteiger partial charge in [0.1, 0.15) is 4.83 Å². The van der Waals surface area contributed by atoms with Gasteiger partial charge in [0, 0.05) is 12.1 Å². The third-order valence-corrected chi connectivity index (χ3v) is 4.60. The standard InChI is InChI=1S/C9H7Br2NO4/c10-7(8(11)9(13)14)5-1-3-6(4-2-5)12(15)16/h1-4,7-8H,(H,13,14)/t7-,8+/m1/s1. The molecule has 0 saturated heterocycles. The van der Waals surface area contributed by atoms with Crippen LogP contribution < -0.4 is 0 Å². The molecular weight excluding hydrogens is 346 g/mol. The lowest BCUT2D eigenvalue weighted by Crippen LogP contribution is -2.17. The van der Waals surface area contributed by atoms with Crippen molar-refractivity contribution < 1.29 is 14.8 Å². The number of rotatable bonds is 4. The monoisotopic (exact) mass is 351 g/mol. The van der Waals surface area contributed by atoms with Gasteiger partial charge in [0.25, 0.3) is 5.69 Å². The largest absolute Gasteiger partial charge is 0.480 e. The summed E-state index contributed by atoms with van der Waals surface area (Å²) in [6.07, 6.45) is 0. The van der Waals surface area contributed by atoms with Crippen LogP contribution in [0.4, 0.5) is 5.69 Å². The minimum Gasteiger partial charge on any atom is -0.480 e. The number of benzene rings is 1. The molecule has 1 rings (SSSR count). The molecule has 0 fully saturated rings. The summed E-state index contributed by atoms with van der Waals surface area (Å²) in [6.45, 7) is 0. The van der Waals surface area contributed by atoms with Gasteiger partial charge >= 0.3 is 5.97 Å². The van der Waals surface area contributed by atoms with Crippen molar-refractivity contribution in [1.29, 1.82) is 0 Å². The predicted octanol–water partition coefficient (Wildman–Crippen LogP) is 2.88. The molecule has 0 radical (unpaired) electrons. The minimum absolute atomic E-state index is 0.0232. The van der Waals surface area contributed by atoms with Gasteiger partial charge in [0.05, 0.1) is 9.75 Å². The Morgan fingerprint density at radius 3 is 2.19 bits per heavy atom. The number of halogens is 2. The number of carboxylic acid groups (broad SMARTS) is 1. The predicted molar refractivity (Wildman–Crippen MR) is 65.1 cm³/mol. The van der Waals surface area contributed by atoms with Gasteiger partial charge < -0.3 is 5.11 Å². The highest BCUT2D eigenvalue weighted by molar-refractivity contribution is 9.12. The lowest BCUT2D eigenvalue weighted by molar-refractivity contribution is -0.384. The molecule has 7 heteroatoms. The Balaban J connectivity index is 2.89. The number of carbonyl (C=O) groups is 1. The number of hydrogen-bond donors (Lipinski definition) is 1. The summed E-state index contributed by atoms with van der Waals surface area (Å²) in [7, 11) is 0. The van der Waals surface area contributed by atoms with Crippen molar-refractivity contribution >= 4 is 43.5 Å². The van der Waals surface area contributed by atoms with E-state index in [9.17, 15) is 14.9 Å². The van der Waals surface area contributed by atoms with Gasteiger partial charge in [-0.05, 0) is 5.56 Å². The smallest absolute Gasteiger partial charge is 0.318 e. The molecule has 0 aliphatic heterocycles. The summed E-state index contributed by atoms with van der Waals surface area (Å²) >= 11 is 6.23. The highest BCUT2D eigenvalue weighted by Gasteiger charge is 2.24. The molecule has 1 N–H and O–H groups in total. The van der Waals surface area contributed by atoms with Crippen LogP contribution in [-0.2, 0) is 4.79 Å². The van der Waals surface area contributed by atoms with Crippen molar-refractivity contribution in [2.75, 3.05) is 0 Å². The van der Waals surface area contributed by atoms with E-state index in [0.717, 1.165) is 0 Å². The highest BCUT2D eigenvalue weighted by Crippen LogP contribution is 2.32. The SMILES string of the molecule is O=C(O)[C@@H](Br)[C@H](Br)c1ccc([N+](=O)[O-])cc1. The van der Waals surface area contributed by atoms with Gasteiger partial charge in [-0.1, -0.05) is 44.0 Å². The number of aliphatic carboxylic acids is 1. The van der Waals surface area contributed by atoms with Gasteiger partial charge in [-0.2, -0.15) is 0 Å². The van der Waals surface area contributed by atoms with Crippen LogP contribution in [0.2, 0.25) is 0 Å². The van der Waals surface area contributed by atoms with Crippen LogP contribution in [0.15, 0.2) is 24.3 Å². The van der Waals surface area contributed by atoms with Gasteiger partial charge in [0.2, 0.25) is 0 Å². The molecule has 86 valence electrons. The van der Waals surface area contributed by atoms with Gasteiger partial charge in [0.15, 0.2) is 0 Å². The molecule has 16 heavy (non-hydrogen) atoms. The Kier molecular flexibility index (Phi) is 4.43. The maximum absolute atomic E-state index is 10.7. The quantitative estimate of drug-likeness (QED) is 0.513. The molecule has 0 aliphatic rings. The maximum Gasteiger partial charge on any atom is 0.318 e. The average molecular weight is 353 g/mol. The number of hydrogen-bond acceptors (Lipinski definition) is 3. The van der Waals surface area contributed by atoms with Crippen molar-refractivity contribution in [3.63, 3.8) is 0 Å². The fourth-order valence-corrected chi connectivity index (χ4v) is 1.91. The average Bonchev–Trinajstić information content (AvgIpc) is 2.27. The zero-order valence-corrected chi connectivity index (χ0v) is 11.0. The van der Waals surface area contributed by atoms with E-state index in [-0.39, 0.29) is 5.69 Å². The van der Waals surface area contributed by atoms with Crippen LogP contribution in [0.3, 0.4) is 0 Å². The Bertz CT molecular complexity index is 406. The van der Waals surface area contributed by atoms with E-state index < -0.39 is 20.5 Å². The van der Waals surface area contributed by atoms with E-state index in [0.29, 0.717) is 5.56 Å². The maximum atomic E-state index is 10.7. The number of non-ortho nitro benzene ring substituents is 1. The molecule has 0 spiro atoms. The van der Waals surface area contributed by atoms with Gasteiger partial charge in [-0.3, -0.25) is 14.9 Å². The van der Waals surface area contributed by atoms with E-state index in [1.165, 1.54) is 24.3 Å². The second-order valence-corrected chi connectivity index (χ2v) is 4.96. The fourth-order valence-electron chi connectivity index (χ4n) is 1.07. The zero-order valence-electron chi connectivity index (χ0n) is 7.84. The third-order valence-electron chi connectivity index (χ3n) is 1.92. The van der Waals surface area contributed by atoms with Crippen LogP contribution in [0.5, 0.6) is 0 Å². The fraction of sp³-hybridized carbons (Fsp3) is 0.222. The Labute approximate surface area is 108 Å². The molecule has 5 nitrogen and oxygen atoms in total. The van der Waals surface area contributed by atoms with E-state index in [1.807, 2.05) is 0 Å². The molecule has 0 heterocycles. The Morgan fingerprint density at radius 2 is 1.81 bits per heavy atom. The molecule has 1 aromatic carbocycles. The first-order chi connectivity index (χ1) is 7.43. The van der Waals surface area contributed by atoms with E-state index in [2.05, 4.69) is 31.9 Å². The summed E-state index contributed by atoms with van der Waals surface area (Å²) in [5, 5.41) is 19.2. The number of nitrogens with zero attached hydrogens (tertiary/aromatic N) is 1. The molecule has 0 amide bonds. The van der Waals surface area contributed by atoms with E-state index >= 15 is 0 Å². The van der Waals surface area contributed by atoms with E-state index in [4.69, 9.17) is 5.11 Å². The second kappa shape index (κ2) is 5.40. The summed E-state index contributed by atoms with van der Waals surface area (Å²) in [6, 6.07) is 5.72.